The summed E-state index contributed by atoms with van der Waals surface area (Å²) in [4.78, 5) is 12.2. The molecule has 0 bridgehead atoms. The van der Waals surface area contributed by atoms with Crippen LogP contribution in [0.2, 0.25) is 5.02 Å². The standard InChI is InChI=1S/C23H18ClNO2/c24-21-10-4-5-11-22(21)27-17-7-6-16-25-23(26)20-14-12-19(13-15-20)18-8-2-1-3-9-18/h1-5,8-15H,16-17H2,(H,25,26). The molecule has 0 saturated heterocycles. The van der Waals surface area contributed by atoms with Crippen LogP contribution in [0.3, 0.4) is 0 Å². The van der Waals surface area contributed by atoms with E-state index in [2.05, 4.69) is 17.2 Å². The van der Waals surface area contributed by atoms with E-state index >= 15 is 0 Å². The normalized spacial score (nSPS) is 9.81. The Morgan fingerprint density at radius 1 is 0.852 bits per heavy atom. The number of benzene rings is 3. The molecule has 0 fully saturated rings. The third-order valence-electron chi connectivity index (χ3n) is 3.85. The average molecular weight is 376 g/mol. The van der Waals surface area contributed by atoms with E-state index in [-0.39, 0.29) is 19.1 Å². The maximum atomic E-state index is 12.2. The molecule has 0 aliphatic rings. The number of hydrogen-bond acceptors (Lipinski definition) is 2. The number of hydrogen-bond donors (Lipinski definition) is 1. The molecule has 27 heavy (non-hydrogen) atoms. The highest BCUT2D eigenvalue weighted by molar-refractivity contribution is 6.32. The maximum absolute atomic E-state index is 12.2. The summed E-state index contributed by atoms with van der Waals surface area (Å²) in [5, 5.41) is 3.32. The number of carbonyl (C=O) groups is 1. The minimum Gasteiger partial charge on any atom is -0.479 e. The zero-order chi connectivity index (χ0) is 18.9. The maximum Gasteiger partial charge on any atom is 0.252 e. The molecule has 0 aliphatic carbocycles. The molecular formula is C23H18ClNO2. The van der Waals surface area contributed by atoms with Crippen LogP contribution in [0.15, 0.2) is 78.9 Å². The fraction of sp³-hybridized carbons (Fsp3) is 0.0870. The molecule has 0 atom stereocenters. The topological polar surface area (TPSA) is 38.3 Å². The minimum atomic E-state index is -0.157. The van der Waals surface area contributed by atoms with Gasteiger partial charge in [0.25, 0.3) is 5.91 Å². The molecule has 3 aromatic rings. The number of amides is 1. The average Bonchev–Trinajstić information content (AvgIpc) is 2.72. The van der Waals surface area contributed by atoms with Crippen molar-refractivity contribution in [3.05, 3.63) is 89.4 Å². The van der Waals surface area contributed by atoms with Crippen LogP contribution in [-0.2, 0) is 0 Å². The van der Waals surface area contributed by atoms with Crippen molar-refractivity contribution in [2.24, 2.45) is 0 Å². The van der Waals surface area contributed by atoms with Gasteiger partial charge < -0.3 is 10.1 Å². The van der Waals surface area contributed by atoms with Crippen molar-refractivity contribution in [3.63, 3.8) is 0 Å². The van der Waals surface area contributed by atoms with Crippen molar-refractivity contribution in [3.8, 4) is 28.7 Å². The van der Waals surface area contributed by atoms with Crippen molar-refractivity contribution < 1.29 is 9.53 Å². The van der Waals surface area contributed by atoms with Crippen LogP contribution in [0.5, 0.6) is 5.75 Å². The number of rotatable bonds is 5. The Hall–Kier alpha value is -3.22. The van der Waals surface area contributed by atoms with Gasteiger partial charge in [0.15, 0.2) is 0 Å². The lowest BCUT2D eigenvalue weighted by Gasteiger charge is -2.05. The molecular weight excluding hydrogens is 358 g/mol. The summed E-state index contributed by atoms with van der Waals surface area (Å²) in [6.07, 6.45) is 0. The molecule has 0 saturated carbocycles. The van der Waals surface area contributed by atoms with Crippen LogP contribution in [0, 0.1) is 11.8 Å². The molecule has 0 radical (unpaired) electrons. The second-order valence-corrected chi connectivity index (χ2v) is 6.11. The minimum absolute atomic E-state index is 0.157. The van der Waals surface area contributed by atoms with Gasteiger partial charge in [-0.2, -0.15) is 0 Å². The van der Waals surface area contributed by atoms with Crippen molar-refractivity contribution >= 4 is 17.5 Å². The van der Waals surface area contributed by atoms with E-state index < -0.39 is 0 Å². The fourth-order valence-electron chi connectivity index (χ4n) is 2.46. The molecule has 3 nitrogen and oxygen atoms in total. The van der Waals surface area contributed by atoms with Gasteiger partial charge in [0.05, 0.1) is 11.6 Å². The molecule has 1 amide bonds. The third-order valence-corrected chi connectivity index (χ3v) is 4.17. The molecule has 0 unspecified atom stereocenters. The highest BCUT2D eigenvalue weighted by Gasteiger charge is 2.04. The van der Waals surface area contributed by atoms with Gasteiger partial charge in [-0.15, -0.1) is 0 Å². The van der Waals surface area contributed by atoms with E-state index in [0.717, 1.165) is 11.1 Å². The van der Waals surface area contributed by atoms with Crippen LogP contribution in [0.25, 0.3) is 11.1 Å². The second kappa shape index (κ2) is 9.47. The van der Waals surface area contributed by atoms with E-state index in [1.807, 2.05) is 66.7 Å². The lowest BCUT2D eigenvalue weighted by atomic mass is 10.0. The summed E-state index contributed by atoms with van der Waals surface area (Å²) in [5.74, 6) is 6.15. The van der Waals surface area contributed by atoms with Gasteiger partial charge >= 0.3 is 0 Å². The lowest BCUT2D eigenvalue weighted by Crippen LogP contribution is -2.23. The predicted molar refractivity (Wildman–Crippen MR) is 109 cm³/mol. The smallest absolute Gasteiger partial charge is 0.252 e. The largest absolute Gasteiger partial charge is 0.479 e. The Kier molecular flexibility index (Phi) is 6.51. The van der Waals surface area contributed by atoms with Gasteiger partial charge in [-0.1, -0.05) is 78.0 Å². The molecule has 0 spiro atoms. The first-order valence-corrected chi connectivity index (χ1v) is 8.88. The second-order valence-electron chi connectivity index (χ2n) is 5.70. The van der Waals surface area contributed by atoms with E-state index in [4.69, 9.17) is 16.3 Å². The number of nitrogens with one attached hydrogen (secondary N) is 1. The highest BCUT2D eigenvalue weighted by Crippen LogP contribution is 2.22. The molecule has 0 aromatic heterocycles. The van der Waals surface area contributed by atoms with E-state index in [0.29, 0.717) is 16.3 Å². The zero-order valence-corrected chi connectivity index (χ0v) is 15.4. The Morgan fingerprint density at radius 2 is 1.52 bits per heavy atom. The van der Waals surface area contributed by atoms with Gasteiger partial charge in [-0.25, -0.2) is 0 Å². The SMILES string of the molecule is O=C(NCC#CCOc1ccccc1Cl)c1ccc(-c2ccccc2)cc1. The van der Waals surface area contributed by atoms with Crippen molar-refractivity contribution in [2.75, 3.05) is 13.2 Å². The van der Waals surface area contributed by atoms with Gasteiger partial charge in [-0.05, 0) is 35.4 Å². The molecule has 0 heterocycles. The predicted octanol–water partition coefficient (Wildman–Crippen LogP) is 4.82. The summed E-state index contributed by atoms with van der Waals surface area (Å²) in [6, 6.07) is 24.8. The summed E-state index contributed by atoms with van der Waals surface area (Å²) in [7, 11) is 0. The number of para-hydroxylation sites is 1. The van der Waals surface area contributed by atoms with Crippen molar-refractivity contribution in [1.82, 2.24) is 5.32 Å². The Bertz CT molecular complexity index is 957. The first kappa shape index (κ1) is 18.6. The molecule has 3 rings (SSSR count). The molecule has 3 aromatic carbocycles. The number of carbonyl (C=O) groups excluding carboxylic acids is 1. The van der Waals surface area contributed by atoms with E-state index in [9.17, 15) is 4.79 Å². The van der Waals surface area contributed by atoms with Crippen molar-refractivity contribution in [2.45, 2.75) is 0 Å². The van der Waals surface area contributed by atoms with Crippen LogP contribution in [0.1, 0.15) is 10.4 Å². The van der Waals surface area contributed by atoms with Crippen LogP contribution in [0.4, 0.5) is 0 Å². The van der Waals surface area contributed by atoms with Gasteiger partial charge in [0, 0.05) is 5.56 Å². The quantitative estimate of drug-likeness (QED) is 0.649. The molecule has 1 N–H and O–H groups in total. The fourth-order valence-corrected chi connectivity index (χ4v) is 2.65. The first-order valence-electron chi connectivity index (χ1n) is 8.51. The monoisotopic (exact) mass is 375 g/mol. The van der Waals surface area contributed by atoms with E-state index in [1.54, 1.807) is 12.1 Å². The van der Waals surface area contributed by atoms with Gasteiger partial charge in [-0.3, -0.25) is 4.79 Å². The highest BCUT2D eigenvalue weighted by atomic mass is 35.5. The van der Waals surface area contributed by atoms with Crippen LogP contribution < -0.4 is 10.1 Å². The zero-order valence-electron chi connectivity index (χ0n) is 14.6. The first-order chi connectivity index (χ1) is 13.2. The number of halogens is 1. The van der Waals surface area contributed by atoms with Gasteiger partial charge in [0.2, 0.25) is 0 Å². The molecule has 134 valence electrons. The Balaban J connectivity index is 1.46. The Morgan fingerprint density at radius 3 is 2.26 bits per heavy atom. The molecule has 0 aliphatic heterocycles. The van der Waals surface area contributed by atoms with Gasteiger partial charge in [0.1, 0.15) is 12.4 Å². The summed E-state index contributed by atoms with van der Waals surface area (Å²) in [5.41, 5.74) is 2.79. The third kappa shape index (κ3) is 5.37. The number of ether oxygens (including phenoxy) is 1. The Labute approximate surface area is 163 Å². The van der Waals surface area contributed by atoms with Crippen LogP contribution >= 0.6 is 11.6 Å². The van der Waals surface area contributed by atoms with E-state index in [1.165, 1.54) is 0 Å². The summed E-state index contributed by atoms with van der Waals surface area (Å²) >= 11 is 5.99. The van der Waals surface area contributed by atoms with Crippen molar-refractivity contribution in [1.29, 1.82) is 0 Å². The molecule has 4 heteroatoms. The van der Waals surface area contributed by atoms with Crippen LogP contribution in [-0.4, -0.2) is 19.1 Å². The lowest BCUT2D eigenvalue weighted by molar-refractivity contribution is 0.0958. The summed E-state index contributed by atoms with van der Waals surface area (Å²) in [6.45, 7) is 0.469. The summed E-state index contributed by atoms with van der Waals surface area (Å²) < 4.78 is 5.47.